The van der Waals surface area contributed by atoms with Crippen molar-refractivity contribution in [1.82, 2.24) is 16.0 Å². The summed E-state index contributed by atoms with van der Waals surface area (Å²) in [7, 11) is 0. The van der Waals surface area contributed by atoms with Gasteiger partial charge in [-0.05, 0) is 26.2 Å². The van der Waals surface area contributed by atoms with Gasteiger partial charge in [0.15, 0.2) is 0 Å². The van der Waals surface area contributed by atoms with Crippen LogP contribution < -0.4 is 16.0 Å². The average Bonchev–Trinajstić information content (AvgIpc) is 2.55. The number of morpholine rings is 1. The van der Waals surface area contributed by atoms with E-state index in [0.29, 0.717) is 26.1 Å². The Morgan fingerprint density at radius 1 is 1.39 bits per heavy atom. The third-order valence-electron chi connectivity index (χ3n) is 3.45. The SMILES string of the molecule is C[C@H]1OCCN[C@@H]1C(=O)NC1CCCCNC1=O. The van der Waals surface area contributed by atoms with E-state index in [-0.39, 0.29) is 24.0 Å². The molecular weight excluding hydrogens is 234 g/mol. The Morgan fingerprint density at radius 3 is 3.00 bits per heavy atom. The fraction of sp³-hybridized carbons (Fsp3) is 0.833. The molecule has 1 unspecified atom stereocenters. The summed E-state index contributed by atoms with van der Waals surface area (Å²) in [6.45, 7) is 3.85. The third kappa shape index (κ3) is 3.20. The largest absolute Gasteiger partial charge is 0.375 e. The Balaban J connectivity index is 1.90. The fourth-order valence-corrected chi connectivity index (χ4v) is 2.37. The molecule has 0 aliphatic carbocycles. The van der Waals surface area contributed by atoms with E-state index < -0.39 is 6.04 Å². The van der Waals surface area contributed by atoms with E-state index in [9.17, 15) is 9.59 Å². The highest BCUT2D eigenvalue weighted by atomic mass is 16.5. The van der Waals surface area contributed by atoms with Crippen LogP contribution in [0.5, 0.6) is 0 Å². The molecule has 2 aliphatic rings. The second-order valence-electron chi connectivity index (χ2n) is 4.86. The number of hydrogen-bond donors (Lipinski definition) is 3. The quantitative estimate of drug-likeness (QED) is 0.600. The van der Waals surface area contributed by atoms with Crippen LogP contribution in [0.3, 0.4) is 0 Å². The lowest BCUT2D eigenvalue weighted by Gasteiger charge is -2.30. The smallest absolute Gasteiger partial charge is 0.242 e. The number of carbonyl (C=O) groups excluding carboxylic acids is 2. The van der Waals surface area contributed by atoms with Gasteiger partial charge in [0.2, 0.25) is 11.8 Å². The van der Waals surface area contributed by atoms with E-state index in [1.807, 2.05) is 6.92 Å². The average molecular weight is 255 g/mol. The van der Waals surface area contributed by atoms with Crippen LogP contribution in [0.1, 0.15) is 26.2 Å². The molecule has 0 radical (unpaired) electrons. The van der Waals surface area contributed by atoms with Crippen molar-refractivity contribution in [2.24, 2.45) is 0 Å². The number of carbonyl (C=O) groups is 2. The minimum absolute atomic E-state index is 0.0785. The minimum atomic E-state index is -0.407. The third-order valence-corrected chi connectivity index (χ3v) is 3.45. The molecule has 2 aliphatic heterocycles. The highest BCUT2D eigenvalue weighted by Gasteiger charge is 2.31. The molecule has 2 heterocycles. The zero-order valence-corrected chi connectivity index (χ0v) is 10.7. The first-order valence-electron chi connectivity index (χ1n) is 6.61. The first-order chi connectivity index (χ1) is 8.68. The summed E-state index contributed by atoms with van der Waals surface area (Å²) < 4.78 is 5.43. The molecule has 0 spiro atoms. The predicted molar refractivity (Wildman–Crippen MR) is 66.0 cm³/mol. The van der Waals surface area contributed by atoms with Gasteiger partial charge in [0.05, 0.1) is 12.7 Å². The van der Waals surface area contributed by atoms with Gasteiger partial charge in [0, 0.05) is 13.1 Å². The van der Waals surface area contributed by atoms with Crippen LogP contribution in [0, 0.1) is 0 Å². The normalized spacial score (nSPS) is 33.4. The Hall–Kier alpha value is -1.14. The van der Waals surface area contributed by atoms with E-state index >= 15 is 0 Å². The molecule has 2 saturated heterocycles. The van der Waals surface area contributed by atoms with Crippen molar-refractivity contribution in [2.75, 3.05) is 19.7 Å². The summed E-state index contributed by atoms with van der Waals surface area (Å²) in [4.78, 5) is 23.8. The second-order valence-corrected chi connectivity index (χ2v) is 4.86. The van der Waals surface area contributed by atoms with Crippen molar-refractivity contribution < 1.29 is 14.3 Å². The standard InChI is InChI=1S/C12H21N3O3/c1-8-10(13-6-7-18-8)12(17)15-9-4-2-3-5-14-11(9)16/h8-10,13H,2-7H2,1H3,(H,14,16)(H,15,17)/t8-,9?,10+/m1/s1. The van der Waals surface area contributed by atoms with Gasteiger partial charge in [-0.15, -0.1) is 0 Å². The molecule has 0 bridgehead atoms. The summed E-state index contributed by atoms with van der Waals surface area (Å²) in [5.74, 6) is -0.227. The van der Waals surface area contributed by atoms with Crippen molar-refractivity contribution in [2.45, 2.75) is 44.4 Å². The molecular formula is C12H21N3O3. The highest BCUT2D eigenvalue weighted by molar-refractivity contribution is 5.90. The van der Waals surface area contributed by atoms with Crippen molar-refractivity contribution >= 4 is 11.8 Å². The van der Waals surface area contributed by atoms with Crippen molar-refractivity contribution in [1.29, 1.82) is 0 Å². The van der Waals surface area contributed by atoms with E-state index in [4.69, 9.17) is 4.74 Å². The van der Waals surface area contributed by atoms with Crippen LogP contribution in [0.25, 0.3) is 0 Å². The van der Waals surface area contributed by atoms with Crippen LogP contribution in [0.2, 0.25) is 0 Å². The first-order valence-corrected chi connectivity index (χ1v) is 6.61. The molecule has 3 N–H and O–H groups in total. The zero-order valence-electron chi connectivity index (χ0n) is 10.7. The topological polar surface area (TPSA) is 79.5 Å². The fourth-order valence-electron chi connectivity index (χ4n) is 2.37. The molecule has 2 amide bonds. The molecule has 6 nitrogen and oxygen atoms in total. The van der Waals surface area contributed by atoms with Gasteiger partial charge in [-0.25, -0.2) is 0 Å². The summed E-state index contributed by atoms with van der Waals surface area (Å²) >= 11 is 0. The summed E-state index contributed by atoms with van der Waals surface area (Å²) in [6.07, 6.45) is 2.47. The number of nitrogens with one attached hydrogen (secondary N) is 3. The Kier molecular flexibility index (Phi) is 4.54. The lowest BCUT2D eigenvalue weighted by Crippen LogP contribution is -2.58. The molecule has 0 aromatic heterocycles. The van der Waals surface area contributed by atoms with E-state index in [1.165, 1.54) is 0 Å². The number of amides is 2. The van der Waals surface area contributed by atoms with Crippen LogP contribution in [0.4, 0.5) is 0 Å². The molecule has 0 saturated carbocycles. The Bertz CT molecular complexity index is 322. The van der Waals surface area contributed by atoms with Crippen LogP contribution in [0.15, 0.2) is 0 Å². The Morgan fingerprint density at radius 2 is 2.22 bits per heavy atom. The van der Waals surface area contributed by atoms with Gasteiger partial charge < -0.3 is 20.7 Å². The van der Waals surface area contributed by atoms with E-state index in [2.05, 4.69) is 16.0 Å². The predicted octanol–water partition coefficient (Wildman–Crippen LogP) is -0.852. The van der Waals surface area contributed by atoms with E-state index in [1.54, 1.807) is 0 Å². The minimum Gasteiger partial charge on any atom is -0.375 e. The lowest BCUT2D eigenvalue weighted by atomic mass is 10.1. The van der Waals surface area contributed by atoms with Gasteiger partial charge in [-0.2, -0.15) is 0 Å². The zero-order chi connectivity index (χ0) is 13.0. The van der Waals surface area contributed by atoms with Crippen LogP contribution in [-0.4, -0.2) is 49.7 Å². The molecule has 2 fully saturated rings. The lowest BCUT2D eigenvalue weighted by molar-refractivity contribution is -0.133. The summed E-state index contributed by atoms with van der Waals surface area (Å²) in [5, 5.41) is 8.74. The monoisotopic (exact) mass is 255 g/mol. The van der Waals surface area contributed by atoms with Crippen molar-refractivity contribution in [3.05, 3.63) is 0 Å². The van der Waals surface area contributed by atoms with Gasteiger partial charge in [0.25, 0.3) is 0 Å². The Labute approximate surface area is 107 Å². The van der Waals surface area contributed by atoms with Gasteiger partial charge in [0.1, 0.15) is 12.1 Å². The van der Waals surface area contributed by atoms with Gasteiger partial charge >= 0.3 is 0 Å². The number of ether oxygens (including phenoxy) is 1. The molecule has 102 valence electrons. The maximum atomic E-state index is 12.1. The molecule has 18 heavy (non-hydrogen) atoms. The van der Waals surface area contributed by atoms with Gasteiger partial charge in [-0.1, -0.05) is 0 Å². The maximum absolute atomic E-state index is 12.1. The van der Waals surface area contributed by atoms with Crippen LogP contribution in [-0.2, 0) is 14.3 Å². The maximum Gasteiger partial charge on any atom is 0.242 e. The summed E-state index contributed by atoms with van der Waals surface area (Å²) in [5.41, 5.74) is 0. The molecule has 0 aromatic rings. The molecule has 0 aromatic carbocycles. The number of rotatable bonds is 2. The van der Waals surface area contributed by atoms with Gasteiger partial charge in [-0.3, -0.25) is 9.59 Å². The molecule has 6 heteroatoms. The van der Waals surface area contributed by atoms with Crippen molar-refractivity contribution in [3.8, 4) is 0 Å². The molecule has 2 rings (SSSR count). The molecule has 3 atom stereocenters. The van der Waals surface area contributed by atoms with E-state index in [0.717, 1.165) is 12.8 Å². The second kappa shape index (κ2) is 6.15. The van der Waals surface area contributed by atoms with Crippen LogP contribution >= 0.6 is 0 Å². The summed E-state index contributed by atoms with van der Waals surface area (Å²) in [6, 6.07) is -0.772. The number of hydrogen-bond acceptors (Lipinski definition) is 4. The van der Waals surface area contributed by atoms with Crippen molar-refractivity contribution in [3.63, 3.8) is 0 Å². The highest BCUT2D eigenvalue weighted by Crippen LogP contribution is 2.08. The first kappa shape index (κ1) is 13.3.